The van der Waals surface area contributed by atoms with Gasteiger partial charge in [-0.1, -0.05) is 0 Å². The summed E-state index contributed by atoms with van der Waals surface area (Å²) in [6.45, 7) is 0.809. The Kier molecular flexibility index (Phi) is 3.92. The monoisotopic (exact) mass is 106 g/mol. The Balaban J connectivity index is 2.68. The third kappa shape index (κ3) is 5.84. The van der Waals surface area contributed by atoms with Crippen molar-refractivity contribution in [3.8, 4) is 0 Å². The molecule has 0 aromatic rings. The topological polar surface area (TPSA) is 55.7 Å². The van der Waals surface area contributed by atoms with Gasteiger partial charge in [-0.3, -0.25) is 0 Å². The third-order valence-electron chi connectivity index (χ3n) is 0.547. The first-order valence-electron chi connectivity index (χ1n) is 2.04. The van der Waals surface area contributed by atoms with Gasteiger partial charge in [0.25, 0.3) is 0 Å². The van der Waals surface area contributed by atoms with Crippen molar-refractivity contribution in [2.75, 3.05) is 20.1 Å². The van der Waals surface area contributed by atoms with E-state index in [0.29, 0.717) is 13.1 Å². The molecule has 0 aliphatic carbocycles. The molecule has 0 saturated heterocycles. The highest BCUT2D eigenvalue weighted by molar-refractivity contribution is 4.34. The lowest BCUT2D eigenvalue weighted by Crippen LogP contribution is -2.24. The van der Waals surface area contributed by atoms with Crippen LogP contribution < -0.4 is 5.48 Å². The molecule has 0 amide bonds. The molecule has 4 nitrogen and oxygen atoms in total. The number of nitrogens with zero attached hydrogens (tertiary/aromatic N) is 1. The van der Waals surface area contributed by atoms with Gasteiger partial charge in [0, 0.05) is 20.1 Å². The summed E-state index contributed by atoms with van der Waals surface area (Å²) in [5.41, 5.74) is 1.90. The summed E-state index contributed by atoms with van der Waals surface area (Å²) in [5.74, 6) is 0. The Morgan fingerprint density at radius 2 is 2.29 bits per heavy atom. The van der Waals surface area contributed by atoms with Gasteiger partial charge in [-0.25, -0.2) is 5.48 Å². The van der Waals surface area contributed by atoms with E-state index in [9.17, 15) is 0 Å². The molecule has 3 N–H and O–H groups in total. The van der Waals surface area contributed by atoms with E-state index in [4.69, 9.17) is 10.4 Å². The lowest BCUT2D eigenvalue weighted by molar-refractivity contribution is -0.0685. The largest absolute Gasteiger partial charge is 0.317 e. The highest BCUT2D eigenvalue weighted by Gasteiger charge is 1.85. The van der Waals surface area contributed by atoms with Crippen LogP contribution in [0, 0.1) is 0 Å². The number of nitrogens with one attached hydrogen (secondary N) is 1. The van der Waals surface area contributed by atoms with Crippen molar-refractivity contribution in [1.82, 2.24) is 10.5 Å². The van der Waals surface area contributed by atoms with Crippen molar-refractivity contribution in [1.29, 1.82) is 0 Å². The van der Waals surface area contributed by atoms with E-state index in [1.54, 1.807) is 0 Å². The van der Waals surface area contributed by atoms with Gasteiger partial charge in [0.05, 0.1) is 0 Å². The van der Waals surface area contributed by atoms with Crippen LogP contribution in [0.25, 0.3) is 0 Å². The van der Waals surface area contributed by atoms with Gasteiger partial charge < -0.3 is 10.4 Å². The molecule has 44 valence electrons. The van der Waals surface area contributed by atoms with Crippen LogP contribution in [0.15, 0.2) is 0 Å². The van der Waals surface area contributed by atoms with Gasteiger partial charge in [-0.05, 0) is 0 Å². The predicted molar refractivity (Wildman–Crippen MR) is 24.2 cm³/mol. The van der Waals surface area contributed by atoms with Gasteiger partial charge >= 0.3 is 0 Å². The molecule has 0 rings (SSSR count). The van der Waals surface area contributed by atoms with Crippen molar-refractivity contribution in [3.05, 3.63) is 0 Å². The number of rotatable bonds is 3. The summed E-state index contributed by atoms with van der Waals surface area (Å²) in [4.78, 5) is 0. The third-order valence-corrected chi connectivity index (χ3v) is 0.547. The first-order chi connectivity index (χ1) is 3.27. The lowest BCUT2D eigenvalue weighted by Gasteiger charge is -2.04. The SMILES string of the molecule is CN(O)CCNO. The van der Waals surface area contributed by atoms with E-state index in [1.165, 1.54) is 7.05 Å². The first-order valence-corrected chi connectivity index (χ1v) is 2.04. The van der Waals surface area contributed by atoms with Gasteiger partial charge in [-0.2, -0.15) is 5.06 Å². The molecule has 0 aromatic carbocycles. The van der Waals surface area contributed by atoms with Crippen molar-refractivity contribution < 1.29 is 10.4 Å². The number of likely N-dealkylation sites (N-methyl/N-ethyl adjacent to an activating group) is 1. The van der Waals surface area contributed by atoms with Gasteiger partial charge in [0.15, 0.2) is 0 Å². The maximum atomic E-state index is 8.37. The smallest absolute Gasteiger partial charge is 0.0383 e. The van der Waals surface area contributed by atoms with E-state index in [1.807, 2.05) is 5.48 Å². The van der Waals surface area contributed by atoms with Gasteiger partial charge in [0.1, 0.15) is 0 Å². The Hall–Kier alpha value is -0.160. The minimum absolute atomic E-state index is 0.382. The fraction of sp³-hybridized carbons (Fsp3) is 1.00. The fourth-order valence-electron chi connectivity index (χ4n) is 0.212. The van der Waals surface area contributed by atoms with Crippen molar-refractivity contribution in [3.63, 3.8) is 0 Å². The minimum atomic E-state index is 0.382. The fourth-order valence-corrected chi connectivity index (χ4v) is 0.212. The van der Waals surface area contributed by atoms with Crippen molar-refractivity contribution in [2.45, 2.75) is 0 Å². The molecular weight excluding hydrogens is 96.0 g/mol. The number of hydroxylamine groups is 3. The molecule has 0 fully saturated rings. The van der Waals surface area contributed by atoms with E-state index >= 15 is 0 Å². The van der Waals surface area contributed by atoms with E-state index in [-0.39, 0.29) is 0 Å². The quantitative estimate of drug-likeness (QED) is 0.416. The van der Waals surface area contributed by atoms with Crippen LogP contribution in [-0.4, -0.2) is 35.6 Å². The molecule has 0 aromatic heterocycles. The summed E-state index contributed by atoms with van der Waals surface area (Å²) >= 11 is 0. The average Bonchev–Trinajstić information content (AvgIpc) is 1.61. The van der Waals surface area contributed by atoms with Crippen LogP contribution >= 0.6 is 0 Å². The van der Waals surface area contributed by atoms with Crippen LogP contribution in [0.2, 0.25) is 0 Å². The Morgan fingerprint density at radius 1 is 1.71 bits per heavy atom. The summed E-state index contributed by atoms with van der Waals surface area (Å²) in [6.07, 6.45) is 0. The lowest BCUT2D eigenvalue weighted by atomic mass is 10.6. The molecular formula is C3H10N2O2. The highest BCUT2D eigenvalue weighted by atomic mass is 16.5. The molecule has 0 spiro atoms. The van der Waals surface area contributed by atoms with Crippen LogP contribution in [0.4, 0.5) is 0 Å². The molecule has 0 aliphatic rings. The normalized spacial score (nSPS) is 10.3. The standard InChI is InChI=1S/C3H10N2O2/c1-5(7)3-2-4-6/h4,6-7H,2-3H2,1H3. The van der Waals surface area contributed by atoms with Crippen molar-refractivity contribution >= 4 is 0 Å². The van der Waals surface area contributed by atoms with E-state index in [0.717, 1.165) is 5.06 Å². The summed E-state index contributed by atoms with van der Waals surface area (Å²) in [6, 6.07) is 0. The molecule has 0 atom stereocenters. The molecule has 0 bridgehead atoms. The second-order valence-electron chi connectivity index (χ2n) is 1.29. The Labute approximate surface area is 42.3 Å². The summed E-state index contributed by atoms with van der Waals surface area (Å²) in [7, 11) is 1.51. The number of hydrogen-bond acceptors (Lipinski definition) is 4. The summed E-state index contributed by atoms with van der Waals surface area (Å²) < 4.78 is 0. The average molecular weight is 106 g/mol. The Morgan fingerprint density at radius 3 is 2.43 bits per heavy atom. The van der Waals surface area contributed by atoms with Crippen LogP contribution in [0.3, 0.4) is 0 Å². The van der Waals surface area contributed by atoms with Crippen LogP contribution in [0.5, 0.6) is 0 Å². The first kappa shape index (κ1) is 6.84. The zero-order valence-corrected chi connectivity index (χ0v) is 4.26. The maximum Gasteiger partial charge on any atom is 0.0383 e. The van der Waals surface area contributed by atoms with Gasteiger partial charge in [0.2, 0.25) is 0 Å². The molecule has 0 heterocycles. The minimum Gasteiger partial charge on any atom is -0.317 e. The molecule has 0 aliphatic heterocycles. The molecule has 4 heteroatoms. The molecule has 7 heavy (non-hydrogen) atoms. The number of hydrogen-bond donors (Lipinski definition) is 3. The zero-order chi connectivity index (χ0) is 5.70. The maximum absolute atomic E-state index is 8.37. The Bertz CT molecular complexity index is 39.9. The van der Waals surface area contributed by atoms with Crippen LogP contribution in [0.1, 0.15) is 0 Å². The van der Waals surface area contributed by atoms with Crippen molar-refractivity contribution in [2.24, 2.45) is 0 Å². The molecule has 0 unspecified atom stereocenters. The molecule has 0 saturated carbocycles. The summed E-state index contributed by atoms with van der Waals surface area (Å²) in [5, 5.41) is 17.3. The zero-order valence-electron chi connectivity index (χ0n) is 4.26. The second kappa shape index (κ2) is 4.01. The second-order valence-corrected chi connectivity index (χ2v) is 1.29. The molecule has 0 radical (unpaired) electrons. The van der Waals surface area contributed by atoms with Crippen LogP contribution in [-0.2, 0) is 0 Å². The van der Waals surface area contributed by atoms with Gasteiger partial charge in [-0.15, -0.1) is 0 Å². The van der Waals surface area contributed by atoms with E-state index in [2.05, 4.69) is 0 Å². The van der Waals surface area contributed by atoms with E-state index < -0.39 is 0 Å². The predicted octanol–water partition coefficient (Wildman–Crippen LogP) is -0.714. The highest BCUT2D eigenvalue weighted by Crippen LogP contribution is 1.65.